The van der Waals surface area contributed by atoms with Crippen LogP contribution in [0.2, 0.25) is 0 Å². The lowest BCUT2D eigenvalue weighted by Gasteiger charge is -2.12. The minimum absolute atomic E-state index is 0.260. The van der Waals surface area contributed by atoms with Gasteiger partial charge in [0, 0.05) is 20.6 Å². The molecule has 0 bridgehead atoms. The summed E-state index contributed by atoms with van der Waals surface area (Å²) >= 11 is 0. The molecular weight excluding hydrogens is 359 g/mol. The number of hydrogen-bond donors (Lipinski definition) is 2. The number of rotatable bonds is 7. The largest absolute Gasteiger partial charge is 0.489 e. The van der Waals surface area contributed by atoms with E-state index in [-0.39, 0.29) is 5.82 Å². The van der Waals surface area contributed by atoms with E-state index in [1.165, 1.54) is 18.5 Å². The third-order valence-corrected chi connectivity index (χ3v) is 4.12. The Morgan fingerprint density at radius 2 is 1.89 bits per heavy atom. The Hall–Kier alpha value is -3.42. The van der Waals surface area contributed by atoms with E-state index in [0.717, 1.165) is 22.7 Å². The van der Waals surface area contributed by atoms with Crippen molar-refractivity contribution in [1.29, 1.82) is 0 Å². The molecule has 0 atom stereocenters. The van der Waals surface area contributed by atoms with Crippen LogP contribution in [0.25, 0.3) is 0 Å². The second-order valence-corrected chi connectivity index (χ2v) is 6.14. The van der Waals surface area contributed by atoms with Gasteiger partial charge in [-0.15, -0.1) is 0 Å². The Labute approximate surface area is 163 Å². The number of nitrogens with one attached hydrogen (secondary N) is 2. The first-order valence-corrected chi connectivity index (χ1v) is 8.87. The molecule has 7 nitrogen and oxygen atoms in total. The minimum atomic E-state index is -0.260. The van der Waals surface area contributed by atoms with Crippen LogP contribution in [-0.2, 0) is 26.7 Å². The minimum Gasteiger partial charge on any atom is -0.489 e. The second-order valence-electron chi connectivity index (χ2n) is 6.14. The molecule has 0 aliphatic rings. The standard InChI is InChI=1S/C20H23FN6O/c1-22-20(24-12-19-25-14-26-27(19)2)23-11-15-6-8-18(9-7-15)28-13-16-4-3-5-17(21)10-16/h3-10,14H,11-13H2,1-2H3,(H2,22,23,24). The van der Waals surface area contributed by atoms with E-state index in [1.807, 2.05) is 37.4 Å². The summed E-state index contributed by atoms with van der Waals surface area (Å²) in [6.45, 7) is 1.47. The molecule has 1 aromatic heterocycles. The number of benzene rings is 2. The monoisotopic (exact) mass is 382 g/mol. The normalized spacial score (nSPS) is 11.3. The highest BCUT2D eigenvalue weighted by Gasteiger charge is 2.03. The number of hydrogen-bond acceptors (Lipinski definition) is 4. The van der Waals surface area contributed by atoms with Gasteiger partial charge in [-0.25, -0.2) is 9.37 Å². The van der Waals surface area contributed by atoms with Crippen LogP contribution in [0.1, 0.15) is 17.0 Å². The molecular formula is C20H23FN6O. The molecule has 2 N–H and O–H groups in total. The fourth-order valence-electron chi connectivity index (χ4n) is 2.55. The summed E-state index contributed by atoms with van der Waals surface area (Å²) in [6.07, 6.45) is 1.52. The molecule has 3 rings (SSSR count). The topological polar surface area (TPSA) is 76.4 Å². The molecule has 0 aliphatic carbocycles. The molecule has 0 spiro atoms. The lowest BCUT2D eigenvalue weighted by Crippen LogP contribution is -2.36. The maximum atomic E-state index is 13.2. The van der Waals surface area contributed by atoms with Crippen molar-refractivity contribution < 1.29 is 9.13 Å². The van der Waals surface area contributed by atoms with Crippen molar-refractivity contribution in [3.63, 3.8) is 0 Å². The lowest BCUT2D eigenvalue weighted by atomic mass is 10.2. The molecule has 8 heteroatoms. The van der Waals surface area contributed by atoms with Gasteiger partial charge in [-0.2, -0.15) is 5.10 Å². The first-order chi connectivity index (χ1) is 13.6. The third kappa shape index (κ3) is 5.54. The van der Waals surface area contributed by atoms with Gasteiger partial charge in [-0.3, -0.25) is 9.67 Å². The quantitative estimate of drug-likeness (QED) is 0.485. The average molecular weight is 382 g/mol. The summed E-state index contributed by atoms with van der Waals surface area (Å²) in [7, 11) is 3.56. The zero-order valence-corrected chi connectivity index (χ0v) is 15.9. The maximum Gasteiger partial charge on any atom is 0.191 e. The van der Waals surface area contributed by atoms with E-state index in [4.69, 9.17) is 4.74 Å². The third-order valence-electron chi connectivity index (χ3n) is 4.12. The van der Waals surface area contributed by atoms with Crippen LogP contribution in [0.15, 0.2) is 59.9 Å². The predicted octanol–water partition coefficient (Wildman–Crippen LogP) is 2.40. The molecule has 28 heavy (non-hydrogen) atoms. The molecule has 2 aromatic carbocycles. The number of nitrogens with zero attached hydrogens (tertiary/aromatic N) is 4. The number of guanidine groups is 1. The van der Waals surface area contributed by atoms with Crippen LogP contribution in [-0.4, -0.2) is 27.8 Å². The molecule has 0 aliphatic heterocycles. The number of halogens is 1. The molecule has 0 amide bonds. The summed E-state index contributed by atoms with van der Waals surface area (Å²) in [6, 6.07) is 14.1. The Morgan fingerprint density at radius 3 is 2.57 bits per heavy atom. The van der Waals surface area contributed by atoms with E-state index in [1.54, 1.807) is 17.8 Å². The summed E-state index contributed by atoms with van der Waals surface area (Å²) in [5.74, 6) is 1.97. The summed E-state index contributed by atoms with van der Waals surface area (Å²) < 4.78 is 20.6. The van der Waals surface area contributed by atoms with Crippen molar-refractivity contribution >= 4 is 5.96 Å². The van der Waals surface area contributed by atoms with Gasteiger partial charge >= 0.3 is 0 Å². The molecule has 0 unspecified atom stereocenters. The fraction of sp³-hybridized carbons (Fsp3) is 0.250. The molecule has 0 radical (unpaired) electrons. The Balaban J connectivity index is 1.46. The zero-order valence-electron chi connectivity index (χ0n) is 15.9. The van der Waals surface area contributed by atoms with Crippen LogP contribution in [0.3, 0.4) is 0 Å². The van der Waals surface area contributed by atoms with Gasteiger partial charge in [-0.1, -0.05) is 24.3 Å². The van der Waals surface area contributed by atoms with Gasteiger partial charge in [0.25, 0.3) is 0 Å². The molecule has 0 saturated heterocycles. The van der Waals surface area contributed by atoms with E-state index in [2.05, 4.69) is 25.7 Å². The highest BCUT2D eigenvalue weighted by atomic mass is 19.1. The first kappa shape index (κ1) is 19.3. The van der Waals surface area contributed by atoms with Gasteiger partial charge in [0.05, 0.1) is 6.54 Å². The van der Waals surface area contributed by atoms with Gasteiger partial charge in [0.15, 0.2) is 5.96 Å². The van der Waals surface area contributed by atoms with Crippen molar-refractivity contribution in [2.45, 2.75) is 19.7 Å². The second kappa shape index (κ2) is 9.50. The van der Waals surface area contributed by atoms with E-state index < -0.39 is 0 Å². The Bertz CT molecular complexity index is 922. The summed E-state index contributed by atoms with van der Waals surface area (Å²) in [5.41, 5.74) is 1.88. The van der Waals surface area contributed by atoms with Crippen LogP contribution in [0, 0.1) is 5.82 Å². The van der Waals surface area contributed by atoms with Gasteiger partial charge in [0.1, 0.15) is 30.3 Å². The van der Waals surface area contributed by atoms with Crippen molar-refractivity contribution in [2.75, 3.05) is 7.05 Å². The number of aliphatic imine (C=N–C) groups is 1. The van der Waals surface area contributed by atoms with Gasteiger partial charge < -0.3 is 15.4 Å². The molecule has 3 aromatic rings. The summed E-state index contributed by atoms with van der Waals surface area (Å²) in [5, 5.41) is 10.5. The highest BCUT2D eigenvalue weighted by molar-refractivity contribution is 5.79. The van der Waals surface area contributed by atoms with E-state index in [9.17, 15) is 4.39 Å². The number of ether oxygens (including phenoxy) is 1. The van der Waals surface area contributed by atoms with E-state index in [0.29, 0.717) is 25.7 Å². The molecule has 0 fully saturated rings. The average Bonchev–Trinajstić information content (AvgIpc) is 3.12. The lowest BCUT2D eigenvalue weighted by molar-refractivity contribution is 0.305. The molecule has 146 valence electrons. The van der Waals surface area contributed by atoms with Crippen molar-refractivity contribution in [1.82, 2.24) is 25.4 Å². The van der Waals surface area contributed by atoms with Crippen LogP contribution in [0.5, 0.6) is 5.75 Å². The van der Waals surface area contributed by atoms with E-state index >= 15 is 0 Å². The van der Waals surface area contributed by atoms with Crippen LogP contribution in [0.4, 0.5) is 4.39 Å². The summed E-state index contributed by atoms with van der Waals surface area (Å²) in [4.78, 5) is 8.37. The van der Waals surface area contributed by atoms with Gasteiger partial charge in [0.2, 0.25) is 0 Å². The van der Waals surface area contributed by atoms with Crippen molar-refractivity contribution in [2.24, 2.45) is 12.0 Å². The Kier molecular flexibility index (Phi) is 6.56. The predicted molar refractivity (Wildman–Crippen MR) is 105 cm³/mol. The maximum absolute atomic E-state index is 13.2. The number of aromatic nitrogens is 3. The van der Waals surface area contributed by atoms with Crippen molar-refractivity contribution in [3.05, 3.63) is 77.6 Å². The van der Waals surface area contributed by atoms with Crippen LogP contribution >= 0.6 is 0 Å². The fourth-order valence-corrected chi connectivity index (χ4v) is 2.55. The van der Waals surface area contributed by atoms with Gasteiger partial charge in [-0.05, 0) is 35.4 Å². The smallest absolute Gasteiger partial charge is 0.191 e. The first-order valence-electron chi connectivity index (χ1n) is 8.87. The Morgan fingerprint density at radius 1 is 1.11 bits per heavy atom. The highest BCUT2D eigenvalue weighted by Crippen LogP contribution is 2.14. The zero-order chi connectivity index (χ0) is 19.8. The number of aryl methyl sites for hydroxylation is 1. The van der Waals surface area contributed by atoms with Crippen molar-refractivity contribution in [3.8, 4) is 5.75 Å². The molecule has 0 saturated carbocycles. The molecule has 1 heterocycles. The van der Waals surface area contributed by atoms with Crippen LogP contribution < -0.4 is 15.4 Å². The SMILES string of the molecule is CN=C(NCc1ccc(OCc2cccc(F)c2)cc1)NCc1ncnn1C.